The van der Waals surface area contributed by atoms with Gasteiger partial charge in [0.2, 0.25) is 0 Å². The molecule has 4 N–H and O–H groups in total. The first-order valence-corrected chi connectivity index (χ1v) is 8.72. The lowest BCUT2D eigenvalue weighted by Crippen LogP contribution is -2.30. The summed E-state index contributed by atoms with van der Waals surface area (Å²) in [5, 5.41) is 15.0. The fraction of sp³-hybridized carbons (Fsp3) is 0.125. The monoisotopic (exact) mass is 394 g/mol. The summed E-state index contributed by atoms with van der Waals surface area (Å²) in [7, 11) is 1.45. The molecule has 2 aromatic carbocycles. The van der Waals surface area contributed by atoms with E-state index in [1.54, 1.807) is 24.3 Å². The summed E-state index contributed by atoms with van der Waals surface area (Å²) in [6.07, 6.45) is 0. The van der Waals surface area contributed by atoms with E-state index in [9.17, 15) is 23.6 Å². The maximum atomic E-state index is 14.4. The van der Waals surface area contributed by atoms with Gasteiger partial charge in [-0.25, -0.2) is 9.18 Å². The molecule has 0 radical (unpaired) electrons. The van der Waals surface area contributed by atoms with E-state index in [1.165, 1.54) is 7.11 Å². The van der Waals surface area contributed by atoms with E-state index in [0.29, 0.717) is 11.4 Å². The second kappa shape index (κ2) is 7.60. The Labute approximate surface area is 156 Å². The molecule has 1 atom stereocenters. The van der Waals surface area contributed by atoms with E-state index in [-0.39, 0.29) is 12.2 Å². The average Bonchev–Trinajstić information content (AvgIpc) is 2.92. The fourth-order valence-corrected chi connectivity index (χ4v) is 3.42. The molecule has 1 heterocycles. The van der Waals surface area contributed by atoms with Gasteiger partial charge in [-0.15, -0.1) is 4.72 Å². The largest absolute Gasteiger partial charge is 0.568 e. The van der Waals surface area contributed by atoms with Gasteiger partial charge in [0.15, 0.2) is 29.6 Å². The van der Waals surface area contributed by atoms with Crippen molar-refractivity contribution in [3.05, 3.63) is 42.2 Å². The molecule has 1 saturated heterocycles. The van der Waals surface area contributed by atoms with Crippen LogP contribution in [-0.2, 0) is 16.3 Å². The van der Waals surface area contributed by atoms with Crippen LogP contribution in [0.2, 0.25) is 0 Å². The summed E-state index contributed by atoms with van der Waals surface area (Å²) in [6, 6.07) is 8.04. The van der Waals surface area contributed by atoms with Crippen molar-refractivity contribution < 1.29 is 28.4 Å². The average molecular weight is 394 g/mol. The number of urea groups is 1. The zero-order valence-corrected chi connectivity index (χ0v) is 14.8. The molecule has 11 heteroatoms. The van der Waals surface area contributed by atoms with Crippen LogP contribution in [0.3, 0.4) is 0 Å². The van der Waals surface area contributed by atoms with Gasteiger partial charge < -0.3 is 25.0 Å². The molecule has 1 aliphatic heterocycles. The number of hydrogen-bond donors (Lipinski definition) is 4. The molecule has 1 aliphatic rings. The van der Waals surface area contributed by atoms with Gasteiger partial charge in [0.05, 0.1) is 12.8 Å². The van der Waals surface area contributed by atoms with Crippen molar-refractivity contribution in [2.75, 3.05) is 28.6 Å². The molecule has 2 aromatic rings. The Kier molecular flexibility index (Phi) is 5.23. The molecule has 1 fully saturated rings. The molecular weight excluding hydrogens is 379 g/mol. The third kappa shape index (κ3) is 3.99. The number of phenols is 1. The van der Waals surface area contributed by atoms with Crippen LogP contribution in [0.1, 0.15) is 0 Å². The fourth-order valence-electron chi connectivity index (χ4n) is 2.47. The number of methoxy groups -OCH3 is 1. The number of para-hydroxylation sites is 2. The highest BCUT2D eigenvalue weighted by Crippen LogP contribution is 2.36. The van der Waals surface area contributed by atoms with Gasteiger partial charge in [0.25, 0.3) is 5.91 Å². The molecule has 27 heavy (non-hydrogen) atoms. The van der Waals surface area contributed by atoms with Gasteiger partial charge in [-0.3, -0.25) is 4.79 Å². The van der Waals surface area contributed by atoms with Crippen LogP contribution in [0.4, 0.5) is 26.2 Å². The van der Waals surface area contributed by atoms with Crippen LogP contribution in [0.25, 0.3) is 0 Å². The lowest BCUT2D eigenvalue weighted by atomic mass is 10.2. The molecule has 0 aromatic heterocycles. The Morgan fingerprint density at radius 3 is 2.74 bits per heavy atom. The molecule has 0 aliphatic carbocycles. The number of ether oxygens (including phenoxy) is 1. The van der Waals surface area contributed by atoms with Crippen molar-refractivity contribution in [2.24, 2.45) is 0 Å². The van der Waals surface area contributed by atoms with Gasteiger partial charge in [0.1, 0.15) is 11.5 Å². The molecule has 0 spiro atoms. The normalized spacial score (nSPS) is 16.0. The van der Waals surface area contributed by atoms with Crippen molar-refractivity contribution in [1.82, 2.24) is 4.72 Å². The summed E-state index contributed by atoms with van der Waals surface area (Å²) < 4.78 is 34.2. The summed E-state index contributed by atoms with van der Waals surface area (Å²) in [4.78, 5) is 23.4. The molecule has 3 amide bonds. The number of phenolic OH excluding ortho intramolecular Hbond substituents is 1. The number of carbonyl (C=O) groups excluding carboxylic acids is 2. The van der Waals surface area contributed by atoms with Gasteiger partial charge in [-0.1, -0.05) is 12.1 Å². The van der Waals surface area contributed by atoms with Gasteiger partial charge in [-0.2, -0.15) is 4.31 Å². The molecule has 0 bridgehead atoms. The van der Waals surface area contributed by atoms with Crippen LogP contribution in [0.5, 0.6) is 11.5 Å². The van der Waals surface area contributed by atoms with Crippen LogP contribution in [-0.4, -0.2) is 35.3 Å². The third-order valence-corrected chi connectivity index (χ3v) is 4.71. The van der Waals surface area contributed by atoms with Gasteiger partial charge in [-0.05, 0) is 12.1 Å². The minimum Gasteiger partial charge on any atom is -0.568 e. The number of benzene rings is 2. The maximum absolute atomic E-state index is 14.4. The number of carbonyl (C=O) groups is 2. The van der Waals surface area contributed by atoms with Crippen molar-refractivity contribution in [1.29, 1.82) is 0 Å². The number of halogens is 1. The van der Waals surface area contributed by atoms with Crippen molar-refractivity contribution in [2.45, 2.75) is 0 Å². The Balaban J connectivity index is 1.76. The number of anilines is 3. The number of amides is 3. The highest BCUT2D eigenvalue weighted by Gasteiger charge is 2.37. The SMILES string of the molecule is COc1ccccc1NC(=O)Nc1cc(O)c(N2CC(=O)N[S+]2[O-])c(F)c1. The first-order chi connectivity index (χ1) is 12.9. The topological polar surface area (TPSA) is 126 Å². The second-order valence-electron chi connectivity index (χ2n) is 5.42. The van der Waals surface area contributed by atoms with E-state index in [2.05, 4.69) is 15.4 Å². The zero-order valence-electron chi connectivity index (χ0n) is 14.0. The van der Waals surface area contributed by atoms with Gasteiger partial charge >= 0.3 is 6.03 Å². The Bertz CT molecular complexity index is 874. The van der Waals surface area contributed by atoms with Gasteiger partial charge in [0, 0.05) is 17.8 Å². The standard InChI is InChI=1S/C16H15FN4O5S/c1-26-13-5-3-2-4-11(13)19-16(24)18-9-6-10(17)15(12(22)7-9)21-8-14(23)20-27(21)25/h2-7,22H,8H2,1H3,(H,20,23)(H2,18,19,24). The van der Waals surface area contributed by atoms with Crippen LogP contribution in [0, 0.1) is 5.82 Å². The predicted molar refractivity (Wildman–Crippen MR) is 97.3 cm³/mol. The summed E-state index contributed by atoms with van der Waals surface area (Å²) >= 11 is -1.99. The number of rotatable bonds is 4. The summed E-state index contributed by atoms with van der Waals surface area (Å²) in [6.45, 7) is -0.363. The summed E-state index contributed by atoms with van der Waals surface area (Å²) in [5.41, 5.74) is -0.0383. The van der Waals surface area contributed by atoms with E-state index in [4.69, 9.17) is 4.74 Å². The molecule has 142 valence electrons. The molecule has 3 rings (SSSR count). The number of hydrogen-bond acceptors (Lipinski definition) is 6. The number of nitrogens with zero attached hydrogens (tertiary/aromatic N) is 1. The van der Waals surface area contributed by atoms with Crippen LogP contribution >= 0.6 is 0 Å². The Hall–Kier alpha value is -3.18. The van der Waals surface area contributed by atoms with E-state index < -0.39 is 40.7 Å². The molecule has 1 unspecified atom stereocenters. The Morgan fingerprint density at radius 2 is 2.11 bits per heavy atom. The predicted octanol–water partition coefficient (Wildman–Crippen LogP) is 1.70. The lowest BCUT2D eigenvalue weighted by Gasteiger charge is -2.18. The number of aromatic hydroxyl groups is 1. The van der Waals surface area contributed by atoms with Crippen molar-refractivity contribution in [3.63, 3.8) is 0 Å². The molecular formula is C16H15FN4O5S. The minimum absolute atomic E-state index is 0.0367. The number of nitrogens with one attached hydrogen (secondary N) is 3. The highest BCUT2D eigenvalue weighted by molar-refractivity contribution is 7.92. The summed E-state index contributed by atoms with van der Waals surface area (Å²) in [5.74, 6) is -1.66. The second-order valence-corrected chi connectivity index (χ2v) is 6.56. The molecule has 9 nitrogen and oxygen atoms in total. The smallest absolute Gasteiger partial charge is 0.323 e. The van der Waals surface area contributed by atoms with E-state index in [0.717, 1.165) is 16.4 Å². The minimum atomic E-state index is -1.99. The highest BCUT2D eigenvalue weighted by atomic mass is 32.2. The van der Waals surface area contributed by atoms with E-state index >= 15 is 0 Å². The maximum Gasteiger partial charge on any atom is 0.323 e. The Morgan fingerprint density at radius 1 is 1.37 bits per heavy atom. The lowest BCUT2D eigenvalue weighted by molar-refractivity contribution is -0.117. The quantitative estimate of drug-likeness (QED) is 0.585. The van der Waals surface area contributed by atoms with Crippen molar-refractivity contribution in [3.8, 4) is 11.5 Å². The molecule has 0 saturated carbocycles. The van der Waals surface area contributed by atoms with Crippen LogP contribution in [0.15, 0.2) is 36.4 Å². The first-order valence-electron chi connectivity index (χ1n) is 7.61. The van der Waals surface area contributed by atoms with Crippen molar-refractivity contribution >= 4 is 40.5 Å². The van der Waals surface area contributed by atoms with E-state index in [1.807, 2.05) is 0 Å². The van der Waals surface area contributed by atoms with Crippen LogP contribution < -0.4 is 24.4 Å². The third-order valence-electron chi connectivity index (χ3n) is 3.59. The first kappa shape index (κ1) is 18.6. The zero-order chi connectivity index (χ0) is 19.6.